The summed E-state index contributed by atoms with van der Waals surface area (Å²) in [5.41, 5.74) is 2.37. The first kappa shape index (κ1) is 26.3. The minimum atomic E-state index is -3.14. The van der Waals surface area contributed by atoms with Gasteiger partial charge in [-0.25, -0.2) is 18.6 Å². The average molecular weight is 605 g/mol. The molecule has 2 N–H and O–H groups in total. The van der Waals surface area contributed by atoms with Gasteiger partial charge in [-0.2, -0.15) is 9.61 Å². The topological polar surface area (TPSA) is 87.5 Å². The first-order valence-electron chi connectivity index (χ1n) is 12.1. The lowest BCUT2D eigenvalue weighted by molar-refractivity contribution is 0.0182. The van der Waals surface area contributed by atoms with E-state index in [9.17, 15) is 13.6 Å². The monoisotopic (exact) mass is 603 g/mol. The summed E-state index contributed by atoms with van der Waals surface area (Å²) >= 11 is 9.44. The van der Waals surface area contributed by atoms with Crippen LogP contribution >= 0.6 is 27.5 Å². The number of hydrogen-bond donors (Lipinski definition) is 2. The van der Waals surface area contributed by atoms with Crippen molar-refractivity contribution in [3.63, 3.8) is 0 Å². The van der Waals surface area contributed by atoms with Crippen molar-refractivity contribution in [1.82, 2.24) is 24.5 Å². The Labute approximate surface area is 231 Å². The van der Waals surface area contributed by atoms with Gasteiger partial charge in [0.1, 0.15) is 5.82 Å². The maximum atomic E-state index is 14.1. The van der Waals surface area contributed by atoms with Gasteiger partial charge in [0.05, 0.1) is 16.4 Å². The SMILES string of the molecule is CC(F)(F)c1cc(Cl)ccc1NC(=O)N1CCC(c2cc(NCc3cccnc3)n3ncc(Br)c3n2)CC1. The molecule has 3 aromatic heterocycles. The Balaban J connectivity index is 1.29. The van der Waals surface area contributed by atoms with Gasteiger partial charge in [-0.15, -0.1) is 0 Å². The minimum absolute atomic E-state index is 0.0519. The fraction of sp³-hybridized carbons (Fsp3) is 0.308. The van der Waals surface area contributed by atoms with E-state index in [0.717, 1.165) is 28.5 Å². The van der Waals surface area contributed by atoms with Crippen molar-refractivity contribution in [2.24, 2.45) is 0 Å². The van der Waals surface area contributed by atoms with Crippen molar-refractivity contribution in [3.05, 3.63) is 81.3 Å². The van der Waals surface area contributed by atoms with Crippen LogP contribution in [0.2, 0.25) is 5.02 Å². The third kappa shape index (κ3) is 5.73. The molecular formula is C26H25BrClF2N7O. The zero-order valence-electron chi connectivity index (χ0n) is 20.5. The third-order valence-corrected chi connectivity index (χ3v) is 7.34. The van der Waals surface area contributed by atoms with Gasteiger partial charge in [0, 0.05) is 67.2 Å². The molecule has 8 nitrogen and oxygen atoms in total. The van der Waals surface area contributed by atoms with E-state index in [1.165, 1.54) is 18.2 Å². The van der Waals surface area contributed by atoms with Gasteiger partial charge in [0.2, 0.25) is 0 Å². The number of amides is 2. The first-order chi connectivity index (χ1) is 18.2. The molecule has 1 aliphatic heterocycles. The second-order valence-electron chi connectivity index (χ2n) is 9.28. The highest BCUT2D eigenvalue weighted by molar-refractivity contribution is 9.10. The van der Waals surface area contributed by atoms with Gasteiger partial charge >= 0.3 is 6.03 Å². The van der Waals surface area contributed by atoms with Crippen LogP contribution in [0.3, 0.4) is 0 Å². The molecule has 0 atom stereocenters. The predicted molar refractivity (Wildman–Crippen MR) is 146 cm³/mol. The molecule has 0 bridgehead atoms. The zero-order chi connectivity index (χ0) is 26.9. The normalized spacial score (nSPS) is 14.6. The average Bonchev–Trinajstić information content (AvgIpc) is 3.29. The molecule has 1 aromatic carbocycles. The molecule has 4 aromatic rings. The van der Waals surface area contributed by atoms with Gasteiger partial charge in [0.25, 0.3) is 5.92 Å². The third-order valence-electron chi connectivity index (χ3n) is 6.54. The summed E-state index contributed by atoms with van der Waals surface area (Å²) in [5.74, 6) is -2.22. The van der Waals surface area contributed by atoms with Crippen LogP contribution < -0.4 is 10.6 Å². The second kappa shape index (κ2) is 10.8. The Morgan fingerprint density at radius 1 is 1.21 bits per heavy atom. The standard InChI is InChI=1S/C26H25BrClF2N7O/c1-26(29,30)19-11-18(28)4-5-21(19)35-25(38)36-9-6-17(7-10-36)22-12-23(32-14-16-3-2-8-31-13-16)37-24(34-22)20(27)15-33-37/h2-5,8,11-13,15,17,32H,6-7,9-10,14H2,1H3,(H,35,38). The van der Waals surface area contributed by atoms with E-state index in [1.54, 1.807) is 28.0 Å². The van der Waals surface area contributed by atoms with E-state index in [-0.39, 0.29) is 22.2 Å². The summed E-state index contributed by atoms with van der Waals surface area (Å²) in [6.45, 7) is 2.29. The highest BCUT2D eigenvalue weighted by atomic mass is 79.9. The number of alkyl halides is 2. The zero-order valence-corrected chi connectivity index (χ0v) is 22.8. The number of halogens is 4. The highest BCUT2D eigenvalue weighted by Crippen LogP contribution is 2.36. The number of piperidine rings is 1. The molecule has 5 rings (SSSR count). The van der Waals surface area contributed by atoms with Gasteiger partial charge in [0.15, 0.2) is 5.65 Å². The maximum Gasteiger partial charge on any atom is 0.321 e. The Morgan fingerprint density at radius 2 is 2.00 bits per heavy atom. The fourth-order valence-corrected chi connectivity index (χ4v) is 5.07. The van der Waals surface area contributed by atoms with Crippen LogP contribution in [0.5, 0.6) is 0 Å². The summed E-state index contributed by atoms with van der Waals surface area (Å²) in [7, 11) is 0. The molecule has 1 fully saturated rings. The lowest BCUT2D eigenvalue weighted by Gasteiger charge is -2.32. The number of carbonyl (C=O) groups excluding carboxylic acids is 1. The molecule has 2 amide bonds. The lowest BCUT2D eigenvalue weighted by Crippen LogP contribution is -2.41. The number of anilines is 2. The van der Waals surface area contributed by atoms with Crippen LogP contribution in [0, 0.1) is 0 Å². The highest BCUT2D eigenvalue weighted by Gasteiger charge is 2.30. The number of nitrogens with zero attached hydrogens (tertiary/aromatic N) is 5. The van der Waals surface area contributed by atoms with Crippen molar-refractivity contribution in [2.75, 3.05) is 23.7 Å². The summed E-state index contributed by atoms with van der Waals surface area (Å²) < 4.78 is 30.7. The Bertz CT molecular complexity index is 1450. The van der Waals surface area contributed by atoms with Crippen molar-refractivity contribution in [1.29, 1.82) is 0 Å². The molecule has 0 radical (unpaired) electrons. The molecule has 12 heteroatoms. The quantitative estimate of drug-likeness (QED) is 0.257. The predicted octanol–water partition coefficient (Wildman–Crippen LogP) is 6.68. The summed E-state index contributed by atoms with van der Waals surface area (Å²) in [4.78, 5) is 23.6. The summed E-state index contributed by atoms with van der Waals surface area (Å²) in [6.07, 6.45) is 6.61. The Morgan fingerprint density at radius 3 is 2.71 bits per heavy atom. The molecule has 1 aliphatic rings. The van der Waals surface area contributed by atoms with Crippen LogP contribution in [0.4, 0.5) is 25.1 Å². The number of urea groups is 1. The van der Waals surface area contributed by atoms with E-state index in [2.05, 4.69) is 36.6 Å². The van der Waals surface area contributed by atoms with Crippen molar-refractivity contribution < 1.29 is 13.6 Å². The number of aromatic nitrogens is 4. The molecular weight excluding hydrogens is 580 g/mol. The number of hydrogen-bond acceptors (Lipinski definition) is 5. The van der Waals surface area contributed by atoms with Crippen molar-refractivity contribution >= 4 is 50.7 Å². The number of likely N-dealkylation sites (tertiary alicyclic amines) is 1. The molecule has 1 saturated heterocycles. The van der Waals surface area contributed by atoms with Gasteiger partial charge in [-0.1, -0.05) is 17.7 Å². The van der Waals surface area contributed by atoms with E-state index in [4.69, 9.17) is 16.6 Å². The van der Waals surface area contributed by atoms with E-state index >= 15 is 0 Å². The first-order valence-corrected chi connectivity index (χ1v) is 13.3. The van der Waals surface area contributed by atoms with Crippen LogP contribution in [-0.2, 0) is 12.5 Å². The lowest BCUT2D eigenvalue weighted by atomic mass is 9.93. The smallest absolute Gasteiger partial charge is 0.321 e. The molecule has 38 heavy (non-hydrogen) atoms. The second-order valence-corrected chi connectivity index (χ2v) is 10.6. The van der Waals surface area contributed by atoms with Crippen LogP contribution in [0.15, 0.2) is 59.5 Å². The summed E-state index contributed by atoms with van der Waals surface area (Å²) in [6, 6.07) is 9.52. The van der Waals surface area contributed by atoms with E-state index in [0.29, 0.717) is 38.1 Å². The van der Waals surface area contributed by atoms with Crippen LogP contribution in [0.1, 0.15) is 42.5 Å². The number of rotatable bonds is 6. The Hall–Kier alpha value is -3.31. The molecule has 0 spiro atoms. The number of pyridine rings is 1. The Kier molecular flexibility index (Phi) is 7.49. The molecule has 198 valence electrons. The van der Waals surface area contributed by atoms with Gasteiger partial charge in [-0.05, 0) is 58.6 Å². The van der Waals surface area contributed by atoms with E-state index < -0.39 is 12.0 Å². The van der Waals surface area contributed by atoms with Crippen LogP contribution in [-0.4, -0.2) is 43.6 Å². The van der Waals surface area contributed by atoms with Crippen molar-refractivity contribution in [2.45, 2.75) is 38.2 Å². The molecule has 0 saturated carbocycles. The van der Waals surface area contributed by atoms with E-state index in [1.807, 2.05) is 18.2 Å². The molecule has 4 heterocycles. The van der Waals surface area contributed by atoms with Gasteiger partial charge < -0.3 is 15.5 Å². The van der Waals surface area contributed by atoms with Gasteiger partial charge in [-0.3, -0.25) is 4.98 Å². The summed E-state index contributed by atoms with van der Waals surface area (Å²) in [5, 5.41) is 10.7. The number of carbonyl (C=O) groups is 1. The van der Waals surface area contributed by atoms with Crippen LogP contribution in [0.25, 0.3) is 5.65 Å². The molecule has 0 aliphatic carbocycles. The minimum Gasteiger partial charge on any atom is -0.366 e. The maximum absolute atomic E-state index is 14.1. The fourth-order valence-electron chi connectivity index (χ4n) is 4.55. The number of nitrogens with one attached hydrogen (secondary N) is 2. The van der Waals surface area contributed by atoms with Crippen molar-refractivity contribution in [3.8, 4) is 0 Å². The molecule has 0 unspecified atom stereocenters. The number of fused-ring (bicyclic) bond motifs is 1. The largest absolute Gasteiger partial charge is 0.366 e. The number of benzene rings is 1.